The molecule has 1 fully saturated rings. The number of hydrogen-bond acceptors (Lipinski definition) is 4. The van der Waals surface area contributed by atoms with Gasteiger partial charge >= 0.3 is 0 Å². The Morgan fingerprint density at radius 2 is 1.96 bits per heavy atom. The summed E-state index contributed by atoms with van der Waals surface area (Å²) in [5.74, 6) is 1.44. The summed E-state index contributed by atoms with van der Waals surface area (Å²) in [7, 11) is 0. The minimum Gasteiger partial charge on any atom is -0.477 e. The minimum atomic E-state index is 0.643. The van der Waals surface area contributed by atoms with Crippen LogP contribution in [0.1, 0.15) is 42.5 Å². The van der Waals surface area contributed by atoms with Crippen molar-refractivity contribution in [3.05, 3.63) is 47.3 Å². The van der Waals surface area contributed by atoms with E-state index < -0.39 is 0 Å². The van der Waals surface area contributed by atoms with Crippen molar-refractivity contribution in [3.8, 4) is 17.6 Å². The molecule has 2 aromatic heterocycles. The first kappa shape index (κ1) is 15.4. The van der Waals surface area contributed by atoms with Crippen molar-refractivity contribution in [2.75, 3.05) is 6.61 Å². The van der Waals surface area contributed by atoms with Gasteiger partial charge in [0.05, 0.1) is 29.3 Å². The summed E-state index contributed by atoms with van der Waals surface area (Å²) in [5.41, 5.74) is 5.03. The molecular formula is C21H20N4O. The molecule has 0 unspecified atom stereocenters. The fraction of sp³-hybridized carbons (Fsp3) is 0.381. The maximum Gasteiger partial charge on any atom is 0.226 e. The van der Waals surface area contributed by atoms with Crippen molar-refractivity contribution in [3.63, 3.8) is 0 Å². The number of ether oxygens (including phenoxy) is 1. The number of benzene rings is 1. The molecule has 1 saturated carbocycles. The lowest BCUT2D eigenvalue weighted by atomic mass is 9.95. The second kappa shape index (κ2) is 6.14. The molecule has 2 heterocycles. The Hall–Kier alpha value is -2.87. The molecule has 26 heavy (non-hydrogen) atoms. The Morgan fingerprint density at radius 3 is 2.73 bits per heavy atom. The molecule has 0 spiro atoms. The molecule has 5 heteroatoms. The predicted molar refractivity (Wildman–Crippen MR) is 98.4 cm³/mol. The fourth-order valence-corrected chi connectivity index (χ4v) is 3.66. The van der Waals surface area contributed by atoms with E-state index in [0.29, 0.717) is 11.5 Å². The molecule has 3 aromatic rings. The molecule has 0 N–H and O–H groups in total. The molecule has 130 valence electrons. The van der Waals surface area contributed by atoms with E-state index in [9.17, 15) is 0 Å². The van der Waals surface area contributed by atoms with Gasteiger partial charge in [-0.3, -0.25) is 4.98 Å². The molecule has 0 amide bonds. The van der Waals surface area contributed by atoms with Crippen LogP contribution in [0.15, 0.2) is 30.5 Å². The number of nitriles is 1. The van der Waals surface area contributed by atoms with E-state index in [1.807, 2.05) is 35.1 Å². The average molecular weight is 344 g/mol. The maximum absolute atomic E-state index is 9.05. The van der Waals surface area contributed by atoms with Crippen molar-refractivity contribution in [2.24, 2.45) is 5.92 Å². The standard InChI is InChI=1S/C21H20N4O/c22-11-14-7-9-16(10-8-14)25-21(26-13-15-5-6-15)18-12-23-19-4-2-1-3-17(19)20(18)24-25/h7-10,12,15H,1-6,13H2. The average Bonchev–Trinajstić information content (AvgIpc) is 3.45. The summed E-state index contributed by atoms with van der Waals surface area (Å²) < 4.78 is 8.09. The van der Waals surface area contributed by atoms with Crippen molar-refractivity contribution in [1.29, 1.82) is 5.26 Å². The van der Waals surface area contributed by atoms with Crippen molar-refractivity contribution >= 4 is 10.9 Å². The fourth-order valence-electron chi connectivity index (χ4n) is 3.66. The first-order valence-corrected chi connectivity index (χ1v) is 9.36. The van der Waals surface area contributed by atoms with E-state index in [2.05, 4.69) is 6.07 Å². The highest BCUT2D eigenvalue weighted by molar-refractivity contribution is 5.87. The van der Waals surface area contributed by atoms with Gasteiger partial charge in [-0.1, -0.05) is 0 Å². The number of rotatable bonds is 4. The first-order valence-electron chi connectivity index (χ1n) is 9.36. The molecule has 5 nitrogen and oxygen atoms in total. The molecule has 0 aliphatic heterocycles. The van der Waals surface area contributed by atoms with Crippen LogP contribution in [-0.2, 0) is 12.8 Å². The van der Waals surface area contributed by atoms with Crippen LogP contribution in [0.4, 0.5) is 0 Å². The van der Waals surface area contributed by atoms with E-state index in [1.54, 1.807) is 0 Å². The summed E-state index contributed by atoms with van der Waals surface area (Å²) in [6, 6.07) is 9.65. The third kappa shape index (κ3) is 2.62. The summed E-state index contributed by atoms with van der Waals surface area (Å²) in [4.78, 5) is 4.71. The van der Waals surface area contributed by atoms with E-state index in [1.165, 1.54) is 36.9 Å². The molecule has 2 aliphatic carbocycles. The van der Waals surface area contributed by atoms with Gasteiger partial charge in [-0.25, -0.2) is 0 Å². The second-order valence-corrected chi connectivity index (χ2v) is 7.28. The number of nitrogens with zero attached hydrogens (tertiary/aromatic N) is 4. The van der Waals surface area contributed by atoms with Gasteiger partial charge < -0.3 is 4.74 Å². The van der Waals surface area contributed by atoms with Gasteiger partial charge in [0.2, 0.25) is 5.88 Å². The van der Waals surface area contributed by atoms with E-state index in [-0.39, 0.29) is 0 Å². The highest BCUT2D eigenvalue weighted by atomic mass is 16.5. The number of aryl methyl sites for hydroxylation is 2. The van der Waals surface area contributed by atoms with Crippen LogP contribution < -0.4 is 4.74 Å². The Bertz CT molecular complexity index is 1010. The lowest BCUT2D eigenvalue weighted by Gasteiger charge is -2.14. The van der Waals surface area contributed by atoms with Gasteiger partial charge in [0.1, 0.15) is 5.52 Å². The minimum absolute atomic E-state index is 0.643. The molecule has 1 aromatic carbocycles. The van der Waals surface area contributed by atoms with E-state index >= 15 is 0 Å². The molecule has 0 bridgehead atoms. The molecule has 2 aliphatic rings. The summed E-state index contributed by atoms with van der Waals surface area (Å²) in [5, 5.41) is 15.0. The van der Waals surface area contributed by atoms with E-state index in [0.717, 1.165) is 41.9 Å². The van der Waals surface area contributed by atoms with Gasteiger partial charge in [-0.05, 0) is 68.7 Å². The zero-order valence-corrected chi connectivity index (χ0v) is 14.6. The number of pyridine rings is 1. The van der Waals surface area contributed by atoms with Crippen molar-refractivity contribution in [1.82, 2.24) is 14.8 Å². The molecule has 5 rings (SSSR count). The Balaban J connectivity index is 1.66. The maximum atomic E-state index is 9.05. The Labute approximate surface area is 152 Å². The molecular weight excluding hydrogens is 324 g/mol. The zero-order chi connectivity index (χ0) is 17.5. The van der Waals surface area contributed by atoms with Gasteiger partial charge in [-0.15, -0.1) is 0 Å². The highest BCUT2D eigenvalue weighted by Crippen LogP contribution is 2.36. The zero-order valence-electron chi connectivity index (χ0n) is 14.6. The van der Waals surface area contributed by atoms with Crippen molar-refractivity contribution in [2.45, 2.75) is 38.5 Å². The lowest BCUT2D eigenvalue weighted by molar-refractivity contribution is 0.283. The smallest absolute Gasteiger partial charge is 0.226 e. The van der Waals surface area contributed by atoms with Crippen LogP contribution in [0.25, 0.3) is 16.6 Å². The predicted octanol–water partition coefficient (Wildman–Crippen LogP) is 3.96. The van der Waals surface area contributed by atoms with Gasteiger partial charge in [0.15, 0.2) is 0 Å². The topological polar surface area (TPSA) is 63.7 Å². The first-order chi connectivity index (χ1) is 12.8. The van der Waals surface area contributed by atoms with Gasteiger partial charge in [0.25, 0.3) is 0 Å². The van der Waals surface area contributed by atoms with Crippen molar-refractivity contribution < 1.29 is 4.74 Å². The van der Waals surface area contributed by atoms with Crippen LogP contribution in [-0.4, -0.2) is 21.4 Å². The molecule has 0 atom stereocenters. The third-order valence-corrected chi connectivity index (χ3v) is 5.35. The monoisotopic (exact) mass is 344 g/mol. The Morgan fingerprint density at radius 1 is 1.15 bits per heavy atom. The van der Waals surface area contributed by atoms with Crippen LogP contribution in [0.5, 0.6) is 5.88 Å². The SMILES string of the molecule is N#Cc1ccc(-n2nc3c4c(ncc3c2OCC2CC2)CCCC4)cc1. The second-order valence-electron chi connectivity index (χ2n) is 7.28. The van der Waals surface area contributed by atoms with Gasteiger partial charge in [0, 0.05) is 17.5 Å². The Kier molecular flexibility index (Phi) is 3.63. The number of hydrogen-bond donors (Lipinski definition) is 0. The number of fused-ring (bicyclic) bond motifs is 3. The normalized spacial score (nSPS) is 16.3. The van der Waals surface area contributed by atoms with Crippen LogP contribution >= 0.6 is 0 Å². The third-order valence-electron chi connectivity index (χ3n) is 5.35. The van der Waals surface area contributed by atoms with Gasteiger partial charge in [-0.2, -0.15) is 15.0 Å². The van der Waals surface area contributed by atoms with E-state index in [4.69, 9.17) is 20.1 Å². The highest BCUT2D eigenvalue weighted by Gasteiger charge is 2.25. The summed E-state index contributed by atoms with van der Waals surface area (Å²) >= 11 is 0. The number of aromatic nitrogens is 3. The lowest BCUT2D eigenvalue weighted by Crippen LogP contribution is -2.05. The van der Waals surface area contributed by atoms with Crippen LogP contribution in [0, 0.1) is 17.2 Å². The summed E-state index contributed by atoms with van der Waals surface area (Å²) in [6.45, 7) is 0.730. The molecule has 0 radical (unpaired) electrons. The van der Waals surface area contributed by atoms with Crippen LogP contribution in [0.3, 0.4) is 0 Å². The van der Waals surface area contributed by atoms with Crippen LogP contribution in [0.2, 0.25) is 0 Å². The summed E-state index contributed by atoms with van der Waals surface area (Å²) in [6.07, 6.45) is 8.88. The molecule has 0 saturated heterocycles. The largest absolute Gasteiger partial charge is 0.477 e. The quantitative estimate of drug-likeness (QED) is 0.718.